The maximum atomic E-state index is 5.39. The number of hydrogen-bond acceptors (Lipinski definition) is 3. The first-order valence-corrected chi connectivity index (χ1v) is 6.29. The normalized spacial score (nSPS) is 37.0. The highest BCUT2D eigenvalue weighted by Gasteiger charge is 2.35. The second-order valence-electron chi connectivity index (χ2n) is 5.16. The van der Waals surface area contributed by atoms with E-state index >= 15 is 0 Å². The minimum absolute atomic E-state index is 0.290. The van der Waals surface area contributed by atoms with Crippen molar-refractivity contribution in [3.63, 3.8) is 0 Å². The quantitative estimate of drug-likeness (QED) is 0.733. The highest BCUT2D eigenvalue weighted by Crippen LogP contribution is 2.29. The van der Waals surface area contributed by atoms with Crippen LogP contribution in [0.1, 0.15) is 32.1 Å². The summed E-state index contributed by atoms with van der Waals surface area (Å²) in [6.45, 7) is 4.46. The second kappa shape index (κ2) is 5.28. The van der Waals surface area contributed by atoms with Gasteiger partial charge in [0, 0.05) is 12.6 Å². The Morgan fingerprint density at radius 2 is 2.27 bits per heavy atom. The number of methoxy groups -OCH3 is 1. The number of ether oxygens (including phenoxy) is 1. The van der Waals surface area contributed by atoms with Crippen molar-refractivity contribution in [2.24, 2.45) is 5.92 Å². The summed E-state index contributed by atoms with van der Waals surface area (Å²) in [5, 5.41) is 7.17. The molecule has 2 aliphatic heterocycles. The molecule has 3 heteroatoms. The lowest BCUT2D eigenvalue weighted by Gasteiger charge is -2.34. The molecule has 2 atom stereocenters. The van der Waals surface area contributed by atoms with Crippen LogP contribution in [0.5, 0.6) is 0 Å². The zero-order valence-electron chi connectivity index (χ0n) is 9.85. The van der Waals surface area contributed by atoms with Crippen LogP contribution in [0.4, 0.5) is 0 Å². The van der Waals surface area contributed by atoms with E-state index in [1.807, 2.05) is 7.11 Å². The van der Waals surface area contributed by atoms with Crippen molar-refractivity contribution in [2.45, 2.75) is 37.6 Å². The highest BCUT2D eigenvalue weighted by molar-refractivity contribution is 4.95. The monoisotopic (exact) mass is 212 g/mol. The Kier molecular flexibility index (Phi) is 4.00. The minimum atomic E-state index is 0.290. The number of piperidine rings is 1. The molecule has 2 heterocycles. The molecule has 2 N–H and O–H groups in total. The first kappa shape index (κ1) is 11.4. The van der Waals surface area contributed by atoms with Crippen molar-refractivity contribution in [3.8, 4) is 0 Å². The van der Waals surface area contributed by atoms with E-state index in [0.717, 1.165) is 12.5 Å². The van der Waals surface area contributed by atoms with Crippen LogP contribution >= 0.6 is 0 Å². The van der Waals surface area contributed by atoms with Gasteiger partial charge in [0.1, 0.15) is 0 Å². The van der Waals surface area contributed by atoms with Crippen LogP contribution in [0, 0.1) is 5.92 Å². The van der Waals surface area contributed by atoms with Gasteiger partial charge in [0.2, 0.25) is 0 Å². The highest BCUT2D eigenvalue weighted by atomic mass is 16.5. The predicted octanol–water partition coefficient (Wildman–Crippen LogP) is 1.14. The van der Waals surface area contributed by atoms with E-state index in [9.17, 15) is 0 Å². The first-order chi connectivity index (χ1) is 7.35. The molecule has 0 aliphatic carbocycles. The molecule has 2 rings (SSSR count). The van der Waals surface area contributed by atoms with Crippen LogP contribution in [-0.4, -0.2) is 38.9 Å². The topological polar surface area (TPSA) is 33.3 Å². The number of hydrogen-bond donors (Lipinski definition) is 2. The fraction of sp³-hybridized carbons (Fsp3) is 1.00. The molecular formula is C12H24N2O. The van der Waals surface area contributed by atoms with Gasteiger partial charge < -0.3 is 15.4 Å². The molecule has 2 aliphatic rings. The average Bonchev–Trinajstić information content (AvgIpc) is 2.69. The Morgan fingerprint density at radius 3 is 2.87 bits per heavy atom. The number of rotatable bonds is 4. The Balaban J connectivity index is 1.87. The van der Waals surface area contributed by atoms with Gasteiger partial charge in [-0.05, 0) is 57.7 Å². The second-order valence-corrected chi connectivity index (χ2v) is 5.16. The average molecular weight is 212 g/mol. The molecule has 88 valence electrons. The Bertz CT molecular complexity index is 184. The maximum Gasteiger partial charge on any atom is 0.0644 e. The van der Waals surface area contributed by atoms with E-state index in [4.69, 9.17) is 4.74 Å². The zero-order chi connectivity index (χ0) is 10.6. The lowest BCUT2D eigenvalue weighted by Crippen LogP contribution is -2.47. The van der Waals surface area contributed by atoms with Gasteiger partial charge in [-0.3, -0.25) is 0 Å². The van der Waals surface area contributed by atoms with Crippen LogP contribution in [-0.2, 0) is 4.74 Å². The van der Waals surface area contributed by atoms with E-state index in [1.54, 1.807) is 0 Å². The summed E-state index contributed by atoms with van der Waals surface area (Å²) in [4.78, 5) is 0. The van der Waals surface area contributed by atoms with Gasteiger partial charge in [-0.25, -0.2) is 0 Å². The van der Waals surface area contributed by atoms with Crippen LogP contribution in [0.2, 0.25) is 0 Å². The fourth-order valence-corrected chi connectivity index (χ4v) is 3.15. The standard InChI is InChI=1S/C12H24N2O/c1-15-10-12(5-3-7-14-12)8-11-4-2-6-13-9-11/h11,13-14H,2-10H2,1H3. The molecule has 3 nitrogen and oxygen atoms in total. The maximum absolute atomic E-state index is 5.39. The largest absolute Gasteiger partial charge is 0.383 e. The van der Waals surface area contributed by atoms with Crippen molar-refractivity contribution in [2.75, 3.05) is 33.4 Å². The molecule has 0 aromatic heterocycles. The molecule has 0 spiro atoms. The predicted molar refractivity (Wildman–Crippen MR) is 62.1 cm³/mol. The van der Waals surface area contributed by atoms with E-state index in [0.29, 0.717) is 5.54 Å². The van der Waals surface area contributed by atoms with E-state index in [-0.39, 0.29) is 0 Å². The van der Waals surface area contributed by atoms with Crippen LogP contribution in [0.25, 0.3) is 0 Å². The molecule has 15 heavy (non-hydrogen) atoms. The molecule has 2 unspecified atom stereocenters. The van der Waals surface area contributed by atoms with Crippen molar-refractivity contribution < 1.29 is 4.74 Å². The fourth-order valence-electron chi connectivity index (χ4n) is 3.15. The van der Waals surface area contributed by atoms with Gasteiger partial charge in [-0.15, -0.1) is 0 Å². The van der Waals surface area contributed by atoms with Crippen molar-refractivity contribution in [1.29, 1.82) is 0 Å². The summed E-state index contributed by atoms with van der Waals surface area (Å²) in [5.41, 5.74) is 0.290. The molecule has 0 aromatic carbocycles. The molecule has 0 radical (unpaired) electrons. The van der Waals surface area contributed by atoms with E-state index in [2.05, 4.69) is 10.6 Å². The third-order valence-corrected chi connectivity index (χ3v) is 3.83. The summed E-state index contributed by atoms with van der Waals surface area (Å²) in [7, 11) is 1.82. The molecule has 0 aromatic rings. The van der Waals surface area contributed by atoms with Crippen LogP contribution in [0.15, 0.2) is 0 Å². The SMILES string of the molecule is COCC1(CC2CCCNC2)CCCN1. The summed E-state index contributed by atoms with van der Waals surface area (Å²) in [5.74, 6) is 0.847. The van der Waals surface area contributed by atoms with Crippen molar-refractivity contribution >= 4 is 0 Å². The Morgan fingerprint density at radius 1 is 1.33 bits per heavy atom. The van der Waals surface area contributed by atoms with Crippen LogP contribution < -0.4 is 10.6 Å². The third kappa shape index (κ3) is 2.92. The van der Waals surface area contributed by atoms with Crippen molar-refractivity contribution in [3.05, 3.63) is 0 Å². The molecular weight excluding hydrogens is 188 g/mol. The Labute approximate surface area is 93.0 Å². The van der Waals surface area contributed by atoms with Gasteiger partial charge >= 0.3 is 0 Å². The minimum Gasteiger partial charge on any atom is -0.383 e. The van der Waals surface area contributed by atoms with Crippen LogP contribution in [0.3, 0.4) is 0 Å². The van der Waals surface area contributed by atoms with Gasteiger partial charge in [0.25, 0.3) is 0 Å². The first-order valence-electron chi connectivity index (χ1n) is 6.29. The van der Waals surface area contributed by atoms with Gasteiger partial charge in [-0.1, -0.05) is 0 Å². The molecule has 0 bridgehead atoms. The van der Waals surface area contributed by atoms with E-state index in [1.165, 1.54) is 51.7 Å². The molecule has 2 fully saturated rings. The van der Waals surface area contributed by atoms with Crippen molar-refractivity contribution in [1.82, 2.24) is 10.6 Å². The Hall–Kier alpha value is -0.120. The smallest absolute Gasteiger partial charge is 0.0644 e. The molecule has 0 amide bonds. The lowest BCUT2D eigenvalue weighted by molar-refractivity contribution is 0.0986. The summed E-state index contributed by atoms with van der Waals surface area (Å²) < 4.78 is 5.39. The third-order valence-electron chi connectivity index (χ3n) is 3.83. The molecule has 0 saturated carbocycles. The van der Waals surface area contributed by atoms with Gasteiger partial charge in [-0.2, -0.15) is 0 Å². The zero-order valence-corrected chi connectivity index (χ0v) is 9.85. The van der Waals surface area contributed by atoms with E-state index < -0.39 is 0 Å². The summed E-state index contributed by atoms with van der Waals surface area (Å²) in [6, 6.07) is 0. The summed E-state index contributed by atoms with van der Waals surface area (Å²) >= 11 is 0. The van der Waals surface area contributed by atoms with Gasteiger partial charge in [0.15, 0.2) is 0 Å². The number of nitrogens with one attached hydrogen (secondary N) is 2. The lowest BCUT2D eigenvalue weighted by atomic mass is 9.83. The molecule has 2 saturated heterocycles. The summed E-state index contributed by atoms with van der Waals surface area (Å²) in [6.07, 6.45) is 6.61. The van der Waals surface area contributed by atoms with Gasteiger partial charge in [0.05, 0.1) is 6.61 Å².